The molecule has 0 spiro atoms. The molecule has 0 radical (unpaired) electrons. The van der Waals surface area contributed by atoms with E-state index in [1.165, 1.54) is 0 Å². The van der Waals surface area contributed by atoms with E-state index < -0.39 is 5.41 Å². The van der Waals surface area contributed by atoms with E-state index in [1.54, 1.807) is 19.0 Å². The number of hydrogen-bond donors (Lipinski definition) is 0. The lowest BCUT2D eigenvalue weighted by Crippen LogP contribution is -2.35. The lowest BCUT2D eigenvalue weighted by atomic mass is 9.65. The topological polar surface area (TPSA) is 44.1 Å². The summed E-state index contributed by atoms with van der Waals surface area (Å²) in [4.78, 5) is 14.0. The number of amides is 1. The van der Waals surface area contributed by atoms with Crippen molar-refractivity contribution in [2.45, 2.75) is 31.1 Å². The average molecular weight is 320 g/mol. The molecule has 0 heterocycles. The van der Waals surface area contributed by atoms with Gasteiger partial charge in [0.05, 0.1) is 11.5 Å². The summed E-state index contributed by atoms with van der Waals surface area (Å²) in [6.45, 7) is 2.02. The SMILES string of the molecule is CC[C@@](C#N)(c1ccccc1)[C@@H](CC(=O)N(C)C)c1ccccc1. The highest BCUT2D eigenvalue weighted by Gasteiger charge is 2.41. The van der Waals surface area contributed by atoms with Crippen LogP contribution in [0.25, 0.3) is 0 Å². The number of rotatable bonds is 6. The molecular weight excluding hydrogens is 296 g/mol. The van der Waals surface area contributed by atoms with Crippen molar-refractivity contribution in [3.05, 3.63) is 71.8 Å². The van der Waals surface area contributed by atoms with Crippen LogP contribution in [0.3, 0.4) is 0 Å². The van der Waals surface area contributed by atoms with Crippen LogP contribution in [0, 0.1) is 11.3 Å². The summed E-state index contributed by atoms with van der Waals surface area (Å²) < 4.78 is 0. The molecule has 24 heavy (non-hydrogen) atoms. The Morgan fingerprint density at radius 2 is 1.62 bits per heavy atom. The Labute approximate surface area is 144 Å². The molecule has 3 nitrogen and oxygen atoms in total. The highest BCUT2D eigenvalue weighted by Crippen LogP contribution is 2.43. The maximum Gasteiger partial charge on any atom is 0.222 e. The minimum Gasteiger partial charge on any atom is -0.349 e. The van der Waals surface area contributed by atoms with Crippen molar-refractivity contribution in [3.63, 3.8) is 0 Å². The van der Waals surface area contributed by atoms with Crippen LogP contribution in [0.15, 0.2) is 60.7 Å². The third-order valence-corrected chi connectivity index (χ3v) is 4.72. The van der Waals surface area contributed by atoms with Gasteiger partial charge in [0.15, 0.2) is 0 Å². The number of benzene rings is 2. The lowest BCUT2D eigenvalue weighted by molar-refractivity contribution is -0.129. The molecule has 3 heteroatoms. The normalized spacial score (nSPS) is 14.2. The molecular formula is C21H24N2O. The van der Waals surface area contributed by atoms with Crippen LogP contribution < -0.4 is 0 Å². The fraction of sp³-hybridized carbons (Fsp3) is 0.333. The smallest absolute Gasteiger partial charge is 0.222 e. The second-order valence-corrected chi connectivity index (χ2v) is 6.26. The minimum atomic E-state index is -0.728. The van der Waals surface area contributed by atoms with Gasteiger partial charge in [0, 0.05) is 26.4 Å². The zero-order valence-corrected chi connectivity index (χ0v) is 14.6. The van der Waals surface area contributed by atoms with E-state index in [9.17, 15) is 10.1 Å². The highest BCUT2D eigenvalue weighted by atomic mass is 16.2. The number of carbonyl (C=O) groups is 1. The van der Waals surface area contributed by atoms with Crippen molar-refractivity contribution in [1.82, 2.24) is 4.90 Å². The van der Waals surface area contributed by atoms with Gasteiger partial charge in [-0.05, 0) is 17.5 Å². The van der Waals surface area contributed by atoms with Gasteiger partial charge in [0.2, 0.25) is 5.91 Å². The predicted molar refractivity (Wildman–Crippen MR) is 96.5 cm³/mol. The predicted octanol–water partition coefficient (Wildman–Crippen LogP) is 4.12. The molecule has 0 N–H and O–H groups in total. The second-order valence-electron chi connectivity index (χ2n) is 6.26. The number of hydrogen-bond acceptors (Lipinski definition) is 2. The van der Waals surface area contributed by atoms with E-state index in [2.05, 4.69) is 6.07 Å². The number of nitriles is 1. The number of carbonyl (C=O) groups excluding carboxylic acids is 1. The first-order chi connectivity index (χ1) is 11.5. The van der Waals surface area contributed by atoms with Gasteiger partial charge in [0.1, 0.15) is 0 Å². The number of nitrogens with zero attached hydrogens (tertiary/aromatic N) is 2. The van der Waals surface area contributed by atoms with Gasteiger partial charge in [-0.1, -0.05) is 67.6 Å². The van der Waals surface area contributed by atoms with Crippen LogP contribution in [0.5, 0.6) is 0 Å². The van der Waals surface area contributed by atoms with E-state index in [0.717, 1.165) is 11.1 Å². The summed E-state index contributed by atoms with van der Waals surface area (Å²) in [5.74, 6) is -0.154. The van der Waals surface area contributed by atoms with Crippen LogP contribution in [0.4, 0.5) is 0 Å². The van der Waals surface area contributed by atoms with Crippen molar-refractivity contribution in [1.29, 1.82) is 5.26 Å². The Bertz CT molecular complexity index is 704. The van der Waals surface area contributed by atoms with Crippen molar-refractivity contribution < 1.29 is 4.79 Å². The van der Waals surface area contributed by atoms with Crippen LogP contribution in [0.2, 0.25) is 0 Å². The summed E-state index contributed by atoms with van der Waals surface area (Å²) in [5.41, 5.74) is 1.27. The molecule has 2 aromatic carbocycles. The zero-order chi connectivity index (χ0) is 17.6. The lowest BCUT2D eigenvalue weighted by Gasteiger charge is -2.35. The van der Waals surface area contributed by atoms with Crippen molar-refractivity contribution in [2.75, 3.05) is 14.1 Å². The maximum absolute atomic E-state index is 12.5. The fourth-order valence-electron chi connectivity index (χ4n) is 3.23. The first-order valence-corrected chi connectivity index (χ1v) is 8.27. The van der Waals surface area contributed by atoms with Crippen molar-refractivity contribution in [3.8, 4) is 6.07 Å². The van der Waals surface area contributed by atoms with Gasteiger partial charge in [-0.25, -0.2) is 0 Å². The summed E-state index contributed by atoms with van der Waals surface area (Å²) in [5, 5.41) is 10.1. The zero-order valence-electron chi connectivity index (χ0n) is 14.6. The Morgan fingerprint density at radius 1 is 1.08 bits per heavy atom. The Balaban J connectivity index is 2.58. The summed E-state index contributed by atoms with van der Waals surface area (Å²) in [6.07, 6.45) is 0.959. The molecule has 124 valence electrons. The first kappa shape index (κ1) is 17.7. The van der Waals surface area contributed by atoms with E-state index in [1.807, 2.05) is 67.6 Å². The molecule has 0 bridgehead atoms. The Hall–Kier alpha value is -2.60. The molecule has 2 rings (SSSR count). The van der Waals surface area contributed by atoms with Crippen LogP contribution in [0.1, 0.15) is 36.8 Å². The molecule has 2 aromatic rings. The second kappa shape index (κ2) is 7.79. The molecule has 0 saturated heterocycles. The van der Waals surface area contributed by atoms with Crippen LogP contribution in [-0.2, 0) is 10.2 Å². The standard InChI is InChI=1S/C21H24N2O/c1-4-21(16-22,18-13-9-6-10-14-18)19(15-20(24)23(2)3)17-11-7-5-8-12-17/h5-14,19H,4,15H2,1-3H3/t19-,21+/m0/s1. The fourth-order valence-corrected chi connectivity index (χ4v) is 3.23. The first-order valence-electron chi connectivity index (χ1n) is 8.27. The summed E-state index contributed by atoms with van der Waals surface area (Å²) in [6, 6.07) is 22.3. The Morgan fingerprint density at radius 3 is 2.08 bits per heavy atom. The van der Waals surface area contributed by atoms with Crippen LogP contribution in [-0.4, -0.2) is 24.9 Å². The van der Waals surface area contributed by atoms with Gasteiger partial charge in [-0.3, -0.25) is 4.79 Å². The molecule has 2 atom stereocenters. The van der Waals surface area contributed by atoms with Crippen molar-refractivity contribution in [2.24, 2.45) is 0 Å². The van der Waals surface area contributed by atoms with Gasteiger partial charge >= 0.3 is 0 Å². The average Bonchev–Trinajstić information content (AvgIpc) is 2.63. The van der Waals surface area contributed by atoms with E-state index in [-0.39, 0.29) is 11.8 Å². The third-order valence-electron chi connectivity index (χ3n) is 4.72. The molecule has 0 aliphatic carbocycles. The van der Waals surface area contributed by atoms with E-state index in [0.29, 0.717) is 12.8 Å². The Kier molecular flexibility index (Phi) is 5.76. The van der Waals surface area contributed by atoms with Crippen molar-refractivity contribution >= 4 is 5.91 Å². The largest absolute Gasteiger partial charge is 0.349 e. The summed E-state index contributed by atoms with van der Waals surface area (Å²) >= 11 is 0. The molecule has 0 unspecified atom stereocenters. The van der Waals surface area contributed by atoms with Gasteiger partial charge < -0.3 is 4.90 Å². The molecule has 1 amide bonds. The molecule has 0 saturated carbocycles. The highest BCUT2D eigenvalue weighted by molar-refractivity contribution is 5.77. The molecule has 0 aliphatic heterocycles. The molecule has 0 fully saturated rings. The maximum atomic E-state index is 12.5. The van der Waals surface area contributed by atoms with Gasteiger partial charge in [-0.15, -0.1) is 0 Å². The monoisotopic (exact) mass is 320 g/mol. The quantitative estimate of drug-likeness (QED) is 0.803. The van der Waals surface area contributed by atoms with Gasteiger partial charge in [-0.2, -0.15) is 5.26 Å². The molecule has 0 aliphatic rings. The summed E-state index contributed by atoms with van der Waals surface area (Å²) in [7, 11) is 3.51. The van der Waals surface area contributed by atoms with Gasteiger partial charge in [0.25, 0.3) is 0 Å². The molecule has 0 aromatic heterocycles. The van der Waals surface area contributed by atoms with E-state index >= 15 is 0 Å². The van der Waals surface area contributed by atoms with Crippen LogP contribution >= 0.6 is 0 Å². The third kappa shape index (κ3) is 3.49. The minimum absolute atomic E-state index is 0.0351. The van der Waals surface area contributed by atoms with E-state index in [4.69, 9.17) is 0 Å².